The van der Waals surface area contributed by atoms with E-state index in [1.54, 1.807) is 24.3 Å². The van der Waals surface area contributed by atoms with Crippen molar-refractivity contribution < 1.29 is 23.8 Å². The Morgan fingerprint density at radius 3 is 2.00 bits per heavy atom. The lowest BCUT2D eigenvalue weighted by molar-refractivity contribution is -0.147. The quantitative estimate of drug-likeness (QED) is 0.546. The molecule has 1 fully saturated rings. The van der Waals surface area contributed by atoms with Crippen molar-refractivity contribution in [3.63, 3.8) is 0 Å². The van der Waals surface area contributed by atoms with Gasteiger partial charge in [0.25, 0.3) is 0 Å². The summed E-state index contributed by atoms with van der Waals surface area (Å²) in [7, 11) is 0. The van der Waals surface area contributed by atoms with E-state index >= 15 is 0 Å². The first-order valence-electron chi connectivity index (χ1n) is 10.6. The first kappa shape index (κ1) is 21.6. The number of rotatable bonds is 8. The van der Waals surface area contributed by atoms with Crippen LogP contribution < -0.4 is 10.1 Å². The van der Waals surface area contributed by atoms with E-state index in [0.29, 0.717) is 24.3 Å². The molecule has 0 saturated carbocycles. The van der Waals surface area contributed by atoms with Crippen LogP contribution in [0.5, 0.6) is 5.75 Å². The molecule has 6 nitrogen and oxygen atoms in total. The van der Waals surface area contributed by atoms with Crippen molar-refractivity contribution in [2.45, 2.75) is 31.8 Å². The minimum absolute atomic E-state index is 0.153. The number of carbonyl (C=O) groups excluding carboxylic acids is 2. The van der Waals surface area contributed by atoms with Crippen molar-refractivity contribution in [3.05, 3.63) is 102 Å². The third-order valence-corrected chi connectivity index (χ3v) is 5.20. The molecule has 0 spiro atoms. The minimum Gasteiger partial charge on any atom is -0.489 e. The number of carbonyl (C=O) groups is 2. The van der Waals surface area contributed by atoms with E-state index in [1.165, 1.54) is 0 Å². The fourth-order valence-corrected chi connectivity index (χ4v) is 3.47. The van der Waals surface area contributed by atoms with Gasteiger partial charge in [-0.15, -0.1) is 0 Å². The zero-order valence-electron chi connectivity index (χ0n) is 17.6. The summed E-state index contributed by atoms with van der Waals surface area (Å²) in [5, 5.41) is 3.15. The Hall–Kier alpha value is -3.64. The van der Waals surface area contributed by atoms with E-state index in [2.05, 4.69) is 5.32 Å². The number of ether oxygens (including phenoxy) is 3. The Kier molecular flexibility index (Phi) is 7.15. The second-order valence-corrected chi connectivity index (χ2v) is 7.62. The van der Waals surface area contributed by atoms with Gasteiger partial charge in [-0.25, -0.2) is 4.79 Å². The van der Waals surface area contributed by atoms with Crippen LogP contribution in [-0.4, -0.2) is 30.6 Å². The van der Waals surface area contributed by atoms with Gasteiger partial charge in [-0.3, -0.25) is 4.79 Å². The van der Waals surface area contributed by atoms with Crippen LogP contribution in [0.1, 0.15) is 27.9 Å². The summed E-state index contributed by atoms with van der Waals surface area (Å²) in [6, 6.07) is 25.6. The van der Waals surface area contributed by atoms with Gasteiger partial charge in [0.15, 0.2) is 0 Å². The van der Waals surface area contributed by atoms with Gasteiger partial charge in [-0.05, 0) is 35.4 Å². The predicted octanol–water partition coefficient (Wildman–Crippen LogP) is 3.90. The van der Waals surface area contributed by atoms with Gasteiger partial charge in [0, 0.05) is 13.0 Å². The SMILES string of the molecule is O=C(OCc1ccccc1)c1ccc(O[C@@H]2CN[C@H](C(=O)OCc3ccccc3)C2)cc1. The van der Waals surface area contributed by atoms with Crippen molar-refractivity contribution >= 4 is 11.9 Å². The van der Waals surface area contributed by atoms with Gasteiger partial charge in [0.05, 0.1) is 5.56 Å². The minimum atomic E-state index is -0.393. The van der Waals surface area contributed by atoms with Gasteiger partial charge >= 0.3 is 11.9 Å². The van der Waals surface area contributed by atoms with Crippen molar-refractivity contribution in [1.29, 1.82) is 0 Å². The van der Waals surface area contributed by atoms with Crippen molar-refractivity contribution in [3.8, 4) is 5.75 Å². The monoisotopic (exact) mass is 431 g/mol. The average Bonchev–Trinajstić information content (AvgIpc) is 3.31. The van der Waals surface area contributed by atoms with Crippen molar-refractivity contribution in [2.24, 2.45) is 0 Å². The molecule has 1 heterocycles. The fraction of sp³-hybridized carbons (Fsp3) is 0.231. The molecular weight excluding hydrogens is 406 g/mol. The highest BCUT2D eigenvalue weighted by molar-refractivity contribution is 5.89. The van der Waals surface area contributed by atoms with Gasteiger partial charge < -0.3 is 19.5 Å². The topological polar surface area (TPSA) is 73.9 Å². The van der Waals surface area contributed by atoms with E-state index in [0.717, 1.165) is 11.1 Å². The first-order chi connectivity index (χ1) is 15.7. The number of benzene rings is 3. The summed E-state index contributed by atoms with van der Waals surface area (Å²) in [5.41, 5.74) is 2.35. The number of hydrogen-bond acceptors (Lipinski definition) is 6. The van der Waals surface area contributed by atoms with E-state index in [-0.39, 0.29) is 31.3 Å². The summed E-state index contributed by atoms with van der Waals surface area (Å²) in [5.74, 6) is -0.0321. The van der Waals surface area contributed by atoms with Gasteiger partial charge in [0.2, 0.25) is 0 Å². The number of esters is 2. The lowest BCUT2D eigenvalue weighted by Crippen LogP contribution is -2.32. The van der Waals surface area contributed by atoms with Crippen molar-refractivity contribution in [1.82, 2.24) is 5.32 Å². The highest BCUT2D eigenvalue weighted by atomic mass is 16.5. The molecule has 32 heavy (non-hydrogen) atoms. The Balaban J connectivity index is 1.22. The fourth-order valence-electron chi connectivity index (χ4n) is 3.47. The lowest BCUT2D eigenvalue weighted by atomic mass is 10.2. The summed E-state index contributed by atoms with van der Waals surface area (Å²) in [6.07, 6.45) is 0.370. The predicted molar refractivity (Wildman–Crippen MR) is 119 cm³/mol. The molecule has 4 rings (SSSR count). The summed E-state index contributed by atoms with van der Waals surface area (Å²) in [4.78, 5) is 24.5. The zero-order valence-corrected chi connectivity index (χ0v) is 17.6. The van der Waals surface area contributed by atoms with E-state index in [9.17, 15) is 9.59 Å². The molecule has 164 valence electrons. The molecule has 0 amide bonds. The summed E-state index contributed by atoms with van der Waals surface area (Å²) in [6.45, 7) is 1.03. The molecule has 0 aromatic heterocycles. The number of hydrogen-bond donors (Lipinski definition) is 1. The van der Waals surface area contributed by atoms with E-state index in [1.807, 2.05) is 60.7 Å². The summed E-state index contributed by atoms with van der Waals surface area (Å²) < 4.78 is 16.7. The third kappa shape index (κ3) is 5.95. The third-order valence-electron chi connectivity index (χ3n) is 5.20. The highest BCUT2D eigenvalue weighted by Crippen LogP contribution is 2.19. The molecule has 1 aliphatic rings. The van der Waals surface area contributed by atoms with Gasteiger partial charge in [-0.2, -0.15) is 0 Å². The van der Waals surface area contributed by atoms with Crippen LogP contribution in [0.4, 0.5) is 0 Å². The Bertz CT molecular complexity index is 1020. The maximum Gasteiger partial charge on any atom is 0.338 e. The molecule has 0 unspecified atom stereocenters. The van der Waals surface area contributed by atoms with Crippen LogP contribution in [0.25, 0.3) is 0 Å². The first-order valence-corrected chi connectivity index (χ1v) is 10.6. The Labute approximate surface area is 187 Å². The van der Waals surface area contributed by atoms with Crippen LogP contribution in [0.15, 0.2) is 84.9 Å². The smallest absolute Gasteiger partial charge is 0.338 e. The maximum absolute atomic E-state index is 12.3. The Morgan fingerprint density at radius 2 is 1.38 bits per heavy atom. The second kappa shape index (κ2) is 10.6. The molecule has 0 aliphatic carbocycles. The van der Waals surface area contributed by atoms with Crippen LogP contribution in [0.3, 0.4) is 0 Å². The average molecular weight is 431 g/mol. The molecule has 3 aromatic rings. The van der Waals surface area contributed by atoms with Crippen molar-refractivity contribution in [2.75, 3.05) is 6.54 Å². The highest BCUT2D eigenvalue weighted by Gasteiger charge is 2.31. The zero-order chi connectivity index (χ0) is 22.2. The maximum atomic E-state index is 12.3. The van der Waals surface area contributed by atoms with Gasteiger partial charge in [-0.1, -0.05) is 60.7 Å². The Morgan fingerprint density at radius 1 is 0.781 bits per heavy atom. The van der Waals surface area contributed by atoms with Crippen LogP contribution in [0.2, 0.25) is 0 Å². The largest absolute Gasteiger partial charge is 0.489 e. The van der Waals surface area contributed by atoms with E-state index in [4.69, 9.17) is 14.2 Å². The summed E-state index contributed by atoms with van der Waals surface area (Å²) >= 11 is 0. The molecule has 1 N–H and O–H groups in total. The molecule has 0 bridgehead atoms. The van der Waals surface area contributed by atoms with Gasteiger partial charge in [0.1, 0.15) is 31.1 Å². The molecule has 1 aliphatic heterocycles. The standard InChI is InChI=1S/C26H25NO5/c28-25(30-17-19-7-3-1-4-8-19)21-11-13-22(14-12-21)32-23-15-24(27-16-23)26(29)31-18-20-9-5-2-6-10-20/h1-14,23-24,27H,15-18H2/t23-,24-/m0/s1. The van der Waals surface area contributed by atoms with Crippen LogP contribution in [-0.2, 0) is 27.5 Å². The molecule has 0 radical (unpaired) electrons. The van der Waals surface area contributed by atoms with Crippen LogP contribution in [0, 0.1) is 0 Å². The molecule has 1 saturated heterocycles. The normalized spacial score (nSPS) is 17.5. The second-order valence-electron chi connectivity index (χ2n) is 7.62. The molecular formula is C26H25NO5. The molecule has 6 heteroatoms. The van der Waals surface area contributed by atoms with E-state index < -0.39 is 6.04 Å². The lowest BCUT2D eigenvalue weighted by Gasteiger charge is -2.13. The number of nitrogens with one attached hydrogen (secondary N) is 1. The van der Waals surface area contributed by atoms with Crippen LogP contribution >= 0.6 is 0 Å². The molecule has 2 atom stereocenters. The molecule has 3 aromatic carbocycles.